The predicted molar refractivity (Wildman–Crippen MR) is 125 cm³/mol. The molecule has 1 atom stereocenters. The lowest BCUT2D eigenvalue weighted by atomic mass is 9.95. The normalized spacial score (nSPS) is 20.3. The van der Waals surface area contributed by atoms with Gasteiger partial charge in [-0.2, -0.15) is 0 Å². The number of aliphatic hydroxyl groups is 1. The average molecular weight is 483 g/mol. The minimum atomic E-state index is -0.841. The van der Waals surface area contributed by atoms with Crippen molar-refractivity contribution in [3.8, 4) is 17.2 Å². The molecule has 186 valence electrons. The number of nitrogens with zero attached hydrogens (tertiary/aromatic N) is 1. The summed E-state index contributed by atoms with van der Waals surface area (Å²) in [6.45, 7) is 4.40. The van der Waals surface area contributed by atoms with Crippen LogP contribution in [0.25, 0.3) is 5.76 Å². The van der Waals surface area contributed by atoms with Crippen LogP contribution in [0, 0.1) is 0 Å². The second-order valence-electron chi connectivity index (χ2n) is 8.60. The van der Waals surface area contributed by atoms with E-state index in [1.165, 1.54) is 36.2 Å². The van der Waals surface area contributed by atoms with Crippen LogP contribution in [0.2, 0.25) is 0 Å². The number of aliphatic hydroxyl groups excluding tert-OH is 1. The lowest BCUT2D eigenvalue weighted by Gasteiger charge is -2.28. The van der Waals surface area contributed by atoms with Crippen LogP contribution in [-0.2, 0) is 14.3 Å². The summed E-state index contributed by atoms with van der Waals surface area (Å²) in [6, 6.07) is 10.2. The molecule has 2 aliphatic heterocycles. The van der Waals surface area contributed by atoms with Crippen molar-refractivity contribution in [2.45, 2.75) is 12.5 Å². The number of nitrogens with one attached hydrogen (secondary N) is 1. The Bertz CT molecular complexity index is 1110. The van der Waals surface area contributed by atoms with E-state index in [0.29, 0.717) is 43.1 Å². The van der Waals surface area contributed by atoms with Crippen LogP contribution in [0.1, 0.15) is 23.6 Å². The highest BCUT2D eigenvalue weighted by atomic mass is 16.5. The lowest BCUT2D eigenvalue weighted by molar-refractivity contribution is -0.908. The first kappa shape index (κ1) is 24.6. The van der Waals surface area contributed by atoms with Crippen molar-refractivity contribution in [2.24, 2.45) is 0 Å². The van der Waals surface area contributed by atoms with Gasteiger partial charge in [-0.1, -0.05) is 17.9 Å². The fourth-order valence-corrected chi connectivity index (χ4v) is 4.63. The van der Waals surface area contributed by atoms with Crippen LogP contribution in [0.3, 0.4) is 0 Å². The third kappa shape index (κ3) is 5.11. The zero-order valence-electron chi connectivity index (χ0n) is 19.9. The maximum atomic E-state index is 13.2. The smallest absolute Gasteiger partial charge is 0.295 e. The van der Waals surface area contributed by atoms with Gasteiger partial charge in [0.05, 0.1) is 45.6 Å². The molecule has 1 unspecified atom stereocenters. The van der Waals surface area contributed by atoms with E-state index in [9.17, 15) is 19.8 Å². The number of hydrogen-bond acceptors (Lipinski definition) is 7. The second kappa shape index (κ2) is 10.8. The maximum absolute atomic E-state index is 13.2. The number of quaternary nitrogens is 1. The Labute approximate surface area is 204 Å². The van der Waals surface area contributed by atoms with Crippen LogP contribution < -0.4 is 19.5 Å². The summed E-state index contributed by atoms with van der Waals surface area (Å²) in [4.78, 5) is 29.2. The van der Waals surface area contributed by atoms with E-state index in [0.717, 1.165) is 19.6 Å². The molecule has 2 aliphatic rings. The highest BCUT2D eigenvalue weighted by Crippen LogP contribution is 2.41. The SMILES string of the molecule is COc1ccc(C(O)=C2C(=O)C(=O)N(CCC[NH+]3CCOCC3)C2c2ccc([O-])c(OC)c2)cc1. The Morgan fingerprint density at radius 3 is 2.49 bits per heavy atom. The standard InChI is InChI=1S/C26H30N2O7/c1-33-19-7-4-17(5-8-19)24(30)22-23(18-6-9-20(29)21(16-18)34-2)28(26(32)25(22)31)11-3-10-27-12-14-35-15-13-27/h4-9,16,23,29-30H,3,10-15H2,1-2H3. The zero-order chi connectivity index (χ0) is 24.9. The molecule has 1 amide bonds. The molecule has 4 rings (SSSR count). The fourth-order valence-electron chi connectivity index (χ4n) is 4.63. The molecule has 9 nitrogen and oxygen atoms in total. The van der Waals surface area contributed by atoms with Crippen molar-refractivity contribution in [1.82, 2.24) is 4.90 Å². The Morgan fingerprint density at radius 1 is 1.11 bits per heavy atom. The van der Waals surface area contributed by atoms with E-state index in [2.05, 4.69) is 0 Å². The van der Waals surface area contributed by atoms with Gasteiger partial charge in [0.2, 0.25) is 0 Å². The molecule has 2 aromatic rings. The Kier molecular flexibility index (Phi) is 7.57. The topological polar surface area (TPSA) is 113 Å². The minimum Gasteiger partial charge on any atom is -0.870 e. The molecule has 0 radical (unpaired) electrons. The average Bonchev–Trinajstić information content (AvgIpc) is 3.14. The zero-order valence-corrected chi connectivity index (χ0v) is 19.9. The molecule has 2 aromatic carbocycles. The first-order valence-corrected chi connectivity index (χ1v) is 11.6. The van der Waals surface area contributed by atoms with Crippen LogP contribution >= 0.6 is 0 Å². The van der Waals surface area contributed by atoms with Gasteiger partial charge in [-0.15, -0.1) is 0 Å². The van der Waals surface area contributed by atoms with Crippen molar-refractivity contribution in [3.63, 3.8) is 0 Å². The quantitative estimate of drug-likeness (QED) is 0.320. The van der Waals surface area contributed by atoms with Crippen LogP contribution in [0.15, 0.2) is 48.0 Å². The van der Waals surface area contributed by atoms with Crippen LogP contribution in [0.4, 0.5) is 0 Å². The van der Waals surface area contributed by atoms with E-state index < -0.39 is 17.7 Å². The van der Waals surface area contributed by atoms with Gasteiger partial charge in [-0.25, -0.2) is 0 Å². The van der Waals surface area contributed by atoms with Crippen molar-refractivity contribution < 1.29 is 38.9 Å². The number of ketones is 1. The molecule has 2 saturated heterocycles. The molecule has 2 N–H and O–H groups in total. The van der Waals surface area contributed by atoms with E-state index in [1.807, 2.05) is 0 Å². The number of methoxy groups -OCH3 is 2. The van der Waals surface area contributed by atoms with Crippen molar-refractivity contribution >= 4 is 17.4 Å². The molecule has 35 heavy (non-hydrogen) atoms. The predicted octanol–water partition coefficient (Wildman–Crippen LogP) is 0.504. The van der Waals surface area contributed by atoms with Crippen LogP contribution in [0.5, 0.6) is 17.2 Å². The molecule has 0 bridgehead atoms. The van der Waals surface area contributed by atoms with Crippen molar-refractivity contribution in [2.75, 3.05) is 53.6 Å². The van der Waals surface area contributed by atoms with Gasteiger partial charge in [0, 0.05) is 18.5 Å². The molecular weight excluding hydrogens is 452 g/mol. The van der Waals surface area contributed by atoms with Gasteiger partial charge < -0.3 is 34.2 Å². The first-order chi connectivity index (χ1) is 16.9. The first-order valence-electron chi connectivity index (χ1n) is 11.6. The molecule has 0 aliphatic carbocycles. The lowest BCUT2D eigenvalue weighted by Crippen LogP contribution is -3.14. The third-order valence-electron chi connectivity index (χ3n) is 6.54. The highest BCUT2D eigenvalue weighted by Gasteiger charge is 2.46. The number of likely N-dealkylation sites (tertiary alicyclic amines) is 1. The van der Waals surface area contributed by atoms with E-state index >= 15 is 0 Å². The largest absolute Gasteiger partial charge is 0.870 e. The van der Waals surface area contributed by atoms with Gasteiger partial charge in [-0.3, -0.25) is 9.59 Å². The maximum Gasteiger partial charge on any atom is 0.295 e. The summed E-state index contributed by atoms with van der Waals surface area (Å²) in [6.07, 6.45) is 0.679. The van der Waals surface area contributed by atoms with Crippen molar-refractivity contribution in [1.29, 1.82) is 0 Å². The number of carbonyl (C=O) groups is 2. The number of Topliss-reactive ketones (excluding diaryl/α,β-unsaturated/α-hetero) is 1. The molecule has 0 spiro atoms. The van der Waals surface area contributed by atoms with Crippen molar-refractivity contribution in [3.05, 3.63) is 59.2 Å². The number of ether oxygens (including phenoxy) is 3. The highest BCUT2D eigenvalue weighted by molar-refractivity contribution is 6.46. The molecular formula is C26H30N2O7. The molecule has 2 heterocycles. The second-order valence-corrected chi connectivity index (χ2v) is 8.60. The summed E-state index contributed by atoms with van der Waals surface area (Å²) < 4.78 is 15.8. The Balaban J connectivity index is 1.70. The van der Waals surface area contributed by atoms with Gasteiger partial charge >= 0.3 is 0 Å². The molecule has 0 aromatic heterocycles. The minimum absolute atomic E-state index is 0.0143. The van der Waals surface area contributed by atoms with E-state index in [1.54, 1.807) is 30.3 Å². The summed E-state index contributed by atoms with van der Waals surface area (Å²) in [5.74, 6) is -1.31. The molecule has 2 fully saturated rings. The summed E-state index contributed by atoms with van der Waals surface area (Å²) >= 11 is 0. The Hall–Kier alpha value is -3.56. The number of rotatable bonds is 8. The number of hydrogen-bond donors (Lipinski definition) is 2. The van der Waals surface area contributed by atoms with E-state index in [-0.39, 0.29) is 22.8 Å². The number of benzene rings is 2. The number of carbonyl (C=O) groups excluding carboxylic acids is 2. The monoisotopic (exact) mass is 482 g/mol. The summed E-state index contributed by atoms with van der Waals surface area (Å²) in [5.41, 5.74) is 0.896. The van der Waals surface area contributed by atoms with Gasteiger partial charge in [0.25, 0.3) is 11.7 Å². The van der Waals surface area contributed by atoms with Gasteiger partial charge in [0.15, 0.2) is 0 Å². The Morgan fingerprint density at radius 2 is 1.83 bits per heavy atom. The fraction of sp³-hybridized carbons (Fsp3) is 0.385. The summed E-state index contributed by atoms with van der Waals surface area (Å²) in [5, 5.41) is 23.3. The number of amides is 1. The third-order valence-corrected chi connectivity index (χ3v) is 6.54. The molecule has 0 saturated carbocycles. The van der Waals surface area contributed by atoms with Crippen LogP contribution in [-0.4, -0.2) is 75.3 Å². The number of morpholine rings is 1. The summed E-state index contributed by atoms with van der Waals surface area (Å²) in [7, 11) is 2.92. The van der Waals surface area contributed by atoms with E-state index in [4.69, 9.17) is 14.2 Å². The van der Waals surface area contributed by atoms with Gasteiger partial charge in [-0.05, 0) is 35.9 Å². The molecule has 9 heteroatoms. The van der Waals surface area contributed by atoms with Gasteiger partial charge in [0.1, 0.15) is 30.3 Å².